The monoisotopic (exact) mass is 416 g/mol. The maximum absolute atomic E-state index is 13.2. The van der Waals surface area contributed by atoms with Crippen molar-refractivity contribution in [3.8, 4) is 0 Å². The Balaban J connectivity index is 1.44. The van der Waals surface area contributed by atoms with E-state index in [0.717, 1.165) is 70.0 Å². The fraction of sp³-hybridized carbons (Fsp3) is 0.455. The number of pyridine rings is 1. The molecule has 4 rings (SSSR count). The van der Waals surface area contributed by atoms with Crippen LogP contribution in [0, 0.1) is 5.82 Å². The Kier molecular flexibility index (Phi) is 6.19. The van der Waals surface area contributed by atoms with Gasteiger partial charge in [-0.25, -0.2) is 9.37 Å². The van der Waals surface area contributed by atoms with E-state index in [2.05, 4.69) is 14.8 Å². The number of hydrogen-bond acceptors (Lipinski definition) is 4. The van der Waals surface area contributed by atoms with E-state index < -0.39 is 0 Å². The lowest BCUT2D eigenvalue weighted by atomic mass is 10.1. The Hall–Kier alpha value is -2.34. The van der Waals surface area contributed by atoms with Crippen LogP contribution >= 0.6 is 11.6 Å². The van der Waals surface area contributed by atoms with Crippen molar-refractivity contribution >= 4 is 29.0 Å². The van der Waals surface area contributed by atoms with Crippen molar-refractivity contribution in [1.29, 1.82) is 0 Å². The number of nitrogens with zero attached hydrogens (tertiary/aromatic N) is 4. The average Bonchev–Trinajstić information content (AvgIpc) is 3.00. The van der Waals surface area contributed by atoms with E-state index in [4.69, 9.17) is 11.6 Å². The van der Waals surface area contributed by atoms with Gasteiger partial charge in [-0.2, -0.15) is 0 Å². The van der Waals surface area contributed by atoms with Crippen molar-refractivity contribution in [3.63, 3.8) is 0 Å². The summed E-state index contributed by atoms with van der Waals surface area (Å²) in [6.45, 7) is 4.92. The zero-order chi connectivity index (χ0) is 20.2. The first kappa shape index (κ1) is 20.0. The van der Waals surface area contributed by atoms with Gasteiger partial charge >= 0.3 is 0 Å². The third kappa shape index (κ3) is 4.64. The van der Waals surface area contributed by atoms with Crippen molar-refractivity contribution in [2.45, 2.75) is 25.7 Å². The van der Waals surface area contributed by atoms with Gasteiger partial charge in [0.1, 0.15) is 11.6 Å². The Labute approximate surface area is 176 Å². The Morgan fingerprint density at radius 3 is 2.31 bits per heavy atom. The summed E-state index contributed by atoms with van der Waals surface area (Å²) in [6, 6.07) is 8.38. The van der Waals surface area contributed by atoms with Crippen LogP contribution in [0.4, 0.5) is 15.9 Å². The van der Waals surface area contributed by atoms with Crippen molar-refractivity contribution in [2.75, 3.05) is 49.1 Å². The summed E-state index contributed by atoms with van der Waals surface area (Å²) in [6.07, 6.45) is 5.91. The van der Waals surface area contributed by atoms with Gasteiger partial charge in [0.2, 0.25) is 0 Å². The number of piperidine rings is 1. The topological polar surface area (TPSA) is 39.7 Å². The van der Waals surface area contributed by atoms with Gasteiger partial charge in [-0.15, -0.1) is 0 Å². The molecule has 0 N–H and O–H groups in total. The maximum Gasteiger partial charge on any atom is 0.255 e. The Bertz CT molecular complexity index is 854. The van der Waals surface area contributed by atoms with E-state index in [0.29, 0.717) is 10.6 Å². The molecule has 1 amide bonds. The van der Waals surface area contributed by atoms with Crippen LogP contribution in [-0.2, 0) is 0 Å². The first-order valence-corrected chi connectivity index (χ1v) is 10.7. The van der Waals surface area contributed by atoms with Crippen molar-refractivity contribution in [2.24, 2.45) is 0 Å². The molecule has 3 heterocycles. The van der Waals surface area contributed by atoms with Crippen molar-refractivity contribution in [1.82, 2.24) is 9.88 Å². The second-order valence-corrected chi connectivity index (χ2v) is 8.09. The third-order valence-electron chi connectivity index (χ3n) is 5.70. The van der Waals surface area contributed by atoms with Gasteiger partial charge < -0.3 is 14.7 Å². The number of likely N-dealkylation sites (tertiary alicyclic amines) is 1. The van der Waals surface area contributed by atoms with Crippen LogP contribution in [0.5, 0.6) is 0 Å². The average molecular weight is 417 g/mol. The molecule has 5 nitrogen and oxygen atoms in total. The molecule has 0 unspecified atom stereocenters. The minimum absolute atomic E-state index is 0.0176. The minimum Gasteiger partial charge on any atom is -0.370 e. The minimum atomic E-state index is -0.222. The van der Waals surface area contributed by atoms with Gasteiger partial charge in [0, 0.05) is 51.2 Å². The third-order valence-corrected chi connectivity index (χ3v) is 5.98. The number of aromatic nitrogens is 1. The SMILES string of the molecule is O=C(c1cnc(N2CCCN(c3ccc(F)cc3)CC2)c(Cl)c1)N1CCCCC1. The Morgan fingerprint density at radius 1 is 0.897 bits per heavy atom. The summed E-state index contributed by atoms with van der Waals surface area (Å²) in [7, 11) is 0. The molecule has 0 saturated carbocycles. The molecule has 0 aliphatic carbocycles. The number of carbonyl (C=O) groups excluding carboxylic acids is 1. The number of hydrogen-bond donors (Lipinski definition) is 0. The predicted octanol–water partition coefficient (Wildman–Crippen LogP) is 4.22. The van der Waals surface area contributed by atoms with Crippen LogP contribution in [0.3, 0.4) is 0 Å². The van der Waals surface area contributed by atoms with Crippen LogP contribution in [0.15, 0.2) is 36.5 Å². The number of anilines is 2. The number of benzene rings is 1. The van der Waals surface area contributed by atoms with Gasteiger partial charge in [-0.05, 0) is 56.0 Å². The van der Waals surface area contributed by atoms with Crippen LogP contribution in [0.1, 0.15) is 36.0 Å². The molecule has 0 spiro atoms. The van der Waals surface area contributed by atoms with E-state index >= 15 is 0 Å². The van der Waals surface area contributed by atoms with Crippen LogP contribution in [0.2, 0.25) is 5.02 Å². The summed E-state index contributed by atoms with van der Waals surface area (Å²) in [4.78, 5) is 23.6. The lowest BCUT2D eigenvalue weighted by Crippen LogP contribution is -2.35. The van der Waals surface area contributed by atoms with Gasteiger partial charge in [0.25, 0.3) is 5.91 Å². The second kappa shape index (κ2) is 8.99. The highest BCUT2D eigenvalue weighted by molar-refractivity contribution is 6.33. The summed E-state index contributed by atoms with van der Waals surface area (Å²) in [5.41, 5.74) is 1.58. The molecule has 2 aliphatic rings. The normalized spacial score (nSPS) is 17.9. The molecule has 0 atom stereocenters. The molecule has 29 heavy (non-hydrogen) atoms. The van der Waals surface area contributed by atoms with Gasteiger partial charge in [0.05, 0.1) is 10.6 Å². The molecule has 2 fully saturated rings. The lowest BCUT2D eigenvalue weighted by molar-refractivity contribution is 0.0724. The highest BCUT2D eigenvalue weighted by Crippen LogP contribution is 2.27. The molecule has 0 bridgehead atoms. The van der Waals surface area contributed by atoms with Crippen LogP contribution in [0.25, 0.3) is 0 Å². The molecule has 2 aliphatic heterocycles. The summed E-state index contributed by atoms with van der Waals surface area (Å²) < 4.78 is 13.2. The van der Waals surface area contributed by atoms with E-state index in [9.17, 15) is 9.18 Å². The molecular weight excluding hydrogens is 391 g/mol. The molecule has 0 radical (unpaired) electrons. The van der Waals surface area contributed by atoms with Gasteiger partial charge in [-0.1, -0.05) is 11.6 Å². The quantitative estimate of drug-likeness (QED) is 0.751. The number of rotatable bonds is 3. The number of amides is 1. The van der Waals surface area contributed by atoms with Crippen molar-refractivity contribution in [3.05, 3.63) is 52.9 Å². The zero-order valence-electron chi connectivity index (χ0n) is 16.5. The van der Waals surface area contributed by atoms with E-state index in [-0.39, 0.29) is 11.7 Å². The zero-order valence-corrected chi connectivity index (χ0v) is 17.2. The molecule has 1 aromatic carbocycles. The predicted molar refractivity (Wildman–Crippen MR) is 114 cm³/mol. The van der Waals surface area contributed by atoms with Crippen LogP contribution < -0.4 is 9.80 Å². The van der Waals surface area contributed by atoms with E-state index in [1.165, 1.54) is 18.6 Å². The maximum atomic E-state index is 13.2. The lowest BCUT2D eigenvalue weighted by Gasteiger charge is -2.27. The molecule has 1 aromatic heterocycles. The van der Waals surface area contributed by atoms with Crippen LogP contribution in [-0.4, -0.2) is 55.1 Å². The smallest absolute Gasteiger partial charge is 0.255 e. The molecule has 154 valence electrons. The highest BCUT2D eigenvalue weighted by Gasteiger charge is 2.22. The van der Waals surface area contributed by atoms with Crippen molar-refractivity contribution < 1.29 is 9.18 Å². The highest BCUT2D eigenvalue weighted by atomic mass is 35.5. The fourth-order valence-electron chi connectivity index (χ4n) is 4.10. The molecular formula is C22H26ClFN4O. The number of halogens is 2. The van der Waals surface area contributed by atoms with Gasteiger partial charge in [0.15, 0.2) is 0 Å². The summed E-state index contributed by atoms with van der Waals surface area (Å²) in [5.74, 6) is 0.521. The first-order chi connectivity index (χ1) is 14.1. The summed E-state index contributed by atoms with van der Waals surface area (Å²) in [5, 5.41) is 0.517. The first-order valence-electron chi connectivity index (χ1n) is 10.3. The molecule has 2 saturated heterocycles. The van der Waals surface area contributed by atoms with E-state index in [1.807, 2.05) is 17.0 Å². The second-order valence-electron chi connectivity index (χ2n) is 7.69. The van der Waals surface area contributed by atoms with E-state index in [1.54, 1.807) is 12.3 Å². The fourth-order valence-corrected chi connectivity index (χ4v) is 4.39. The largest absolute Gasteiger partial charge is 0.370 e. The molecule has 7 heteroatoms. The van der Waals surface area contributed by atoms with Gasteiger partial charge in [-0.3, -0.25) is 4.79 Å². The summed E-state index contributed by atoms with van der Waals surface area (Å²) >= 11 is 6.54. The standard InChI is InChI=1S/C22H26ClFN4O/c23-20-15-17(22(29)28-9-2-1-3-10-28)16-25-21(20)27-12-4-11-26(13-14-27)19-7-5-18(24)6-8-19/h5-8,15-16H,1-4,9-14H2. The molecule has 2 aromatic rings. The Morgan fingerprint density at radius 2 is 1.59 bits per heavy atom. The number of carbonyl (C=O) groups is 1.